The third-order valence-corrected chi connectivity index (χ3v) is 1.98. The normalized spacial score (nSPS) is 15.5. The molecule has 0 saturated carbocycles. The standard InChI is InChI=1S/C9H21N3O2/c1-4-14-6-5-12(3)7-9(2,11)8(10)13/h4-7,11H2,1-3H3,(H2,10,13). The number of primary amides is 1. The monoisotopic (exact) mass is 203 g/mol. The van der Waals surface area contributed by atoms with Gasteiger partial charge in [0.05, 0.1) is 6.61 Å². The third kappa shape index (κ3) is 5.16. The number of carbonyl (C=O) groups excluding carboxylic acids is 1. The van der Waals surface area contributed by atoms with Gasteiger partial charge in [-0.05, 0) is 20.9 Å². The molecule has 0 heterocycles. The lowest BCUT2D eigenvalue weighted by Crippen LogP contribution is -2.56. The van der Waals surface area contributed by atoms with Gasteiger partial charge in [0, 0.05) is 19.7 Å². The van der Waals surface area contributed by atoms with E-state index in [2.05, 4.69) is 0 Å². The van der Waals surface area contributed by atoms with Crippen molar-refractivity contribution < 1.29 is 9.53 Å². The summed E-state index contributed by atoms with van der Waals surface area (Å²) in [5.41, 5.74) is 9.89. The maximum absolute atomic E-state index is 10.9. The van der Waals surface area contributed by atoms with Crippen LogP contribution >= 0.6 is 0 Å². The summed E-state index contributed by atoms with van der Waals surface area (Å²) >= 11 is 0. The Labute approximate surface area is 85.4 Å². The van der Waals surface area contributed by atoms with Gasteiger partial charge in [-0.15, -0.1) is 0 Å². The molecule has 0 aliphatic rings. The molecule has 1 unspecified atom stereocenters. The first-order valence-electron chi connectivity index (χ1n) is 4.75. The van der Waals surface area contributed by atoms with Crippen molar-refractivity contribution in [2.24, 2.45) is 11.5 Å². The molecule has 84 valence electrons. The molecule has 0 rings (SSSR count). The molecule has 1 amide bonds. The van der Waals surface area contributed by atoms with Crippen molar-refractivity contribution in [3.63, 3.8) is 0 Å². The van der Waals surface area contributed by atoms with Crippen molar-refractivity contribution >= 4 is 5.91 Å². The first kappa shape index (κ1) is 13.4. The quantitative estimate of drug-likeness (QED) is 0.528. The van der Waals surface area contributed by atoms with Gasteiger partial charge in [0.15, 0.2) is 0 Å². The Balaban J connectivity index is 3.81. The predicted octanol–water partition coefficient (Wildman–Crippen LogP) is -0.843. The van der Waals surface area contributed by atoms with Crippen LogP contribution in [-0.4, -0.2) is 49.7 Å². The van der Waals surface area contributed by atoms with Gasteiger partial charge < -0.3 is 21.1 Å². The number of rotatable bonds is 7. The van der Waals surface area contributed by atoms with Crippen LogP contribution in [0.25, 0.3) is 0 Å². The van der Waals surface area contributed by atoms with E-state index in [9.17, 15) is 4.79 Å². The number of carbonyl (C=O) groups is 1. The van der Waals surface area contributed by atoms with E-state index < -0.39 is 11.4 Å². The Morgan fingerprint density at radius 2 is 2.14 bits per heavy atom. The highest BCUT2D eigenvalue weighted by Gasteiger charge is 2.26. The number of nitrogens with zero attached hydrogens (tertiary/aromatic N) is 1. The van der Waals surface area contributed by atoms with E-state index in [1.54, 1.807) is 6.92 Å². The maximum Gasteiger partial charge on any atom is 0.238 e. The fourth-order valence-corrected chi connectivity index (χ4v) is 1.08. The predicted molar refractivity (Wildman–Crippen MR) is 55.8 cm³/mol. The highest BCUT2D eigenvalue weighted by molar-refractivity contribution is 5.84. The van der Waals surface area contributed by atoms with Crippen LogP contribution < -0.4 is 11.5 Å². The minimum absolute atomic E-state index is 0.440. The summed E-state index contributed by atoms with van der Waals surface area (Å²) in [6.45, 7) is 6.09. The van der Waals surface area contributed by atoms with Crippen molar-refractivity contribution in [1.82, 2.24) is 4.90 Å². The Morgan fingerprint density at radius 1 is 1.57 bits per heavy atom. The number of nitrogens with two attached hydrogens (primary N) is 2. The summed E-state index contributed by atoms with van der Waals surface area (Å²) in [7, 11) is 1.88. The first-order valence-corrected chi connectivity index (χ1v) is 4.75. The molecule has 5 heteroatoms. The highest BCUT2D eigenvalue weighted by Crippen LogP contribution is 2.00. The smallest absolute Gasteiger partial charge is 0.238 e. The molecule has 0 aromatic rings. The summed E-state index contributed by atoms with van der Waals surface area (Å²) in [6.07, 6.45) is 0. The van der Waals surface area contributed by atoms with Gasteiger partial charge in [-0.3, -0.25) is 4.79 Å². The van der Waals surface area contributed by atoms with Crippen molar-refractivity contribution in [2.45, 2.75) is 19.4 Å². The van der Waals surface area contributed by atoms with Gasteiger partial charge in [-0.25, -0.2) is 0 Å². The molecule has 0 spiro atoms. The minimum atomic E-state index is -0.971. The number of likely N-dealkylation sites (N-methyl/N-ethyl adjacent to an activating group) is 1. The number of hydrogen-bond donors (Lipinski definition) is 2. The van der Waals surface area contributed by atoms with E-state index in [1.807, 2.05) is 18.9 Å². The van der Waals surface area contributed by atoms with E-state index in [1.165, 1.54) is 0 Å². The minimum Gasteiger partial charge on any atom is -0.380 e. The number of ether oxygens (including phenoxy) is 1. The Hall–Kier alpha value is -0.650. The zero-order valence-corrected chi connectivity index (χ0v) is 9.25. The van der Waals surface area contributed by atoms with Crippen LogP contribution in [0.3, 0.4) is 0 Å². The molecule has 1 atom stereocenters. The van der Waals surface area contributed by atoms with E-state index in [-0.39, 0.29) is 0 Å². The fourth-order valence-electron chi connectivity index (χ4n) is 1.08. The van der Waals surface area contributed by atoms with Crippen molar-refractivity contribution in [3.8, 4) is 0 Å². The maximum atomic E-state index is 10.9. The summed E-state index contributed by atoms with van der Waals surface area (Å²) in [5.74, 6) is -0.485. The Kier molecular flexibility index (Phi) is 5.68. The SMILES string of the molecule is CCOCCN(C)CC(C)(N)C(N)=O. The van der Waals surface area contributed by atoms with Crippen LogP contribution in [0, 0.1) is 0 Å². The van der Waals surface area contributed by atoms with E-state index >= 15 is 0 Å². The van der Waals surface area contributed by atoms with E-state index in [0.717, 1.165) is 6.54 Å². The molecule has 14 heavy (non-hydrogen) atoms. The van der Waals surface area contributed by atoms with Gasteiger partial charge in [-0.1, -0.05) is 0 Å². The number of hydrogen-bond acceptors (Lipinski definition) is 4. The van der Waals surface area contributed by atoms with Gasteiger partial charge >= 0.3 is 0 Å². The van der Waals surface area contributed by atoms with Crippen LogP contribution in [0.15, 0.2) is 0 Å². The molecule has 0 bridgehead atoms. The summed E-state index contributed by atoms with van der Waals surface area (Å²) in [4.78, 5) is 12.9. The molecule has 0 aromatic heterocycles. The average molecular weight is 203 g/mol. The average Bonchev–Trinajstić information content (AvgIpc) is 2.03. The Morgan fingerprint density at radius 3 is 2.57 bits per heavy atom. The summed E-state index contributed by atoms with van der Waals surface area (Å²) < 4.78 is 5.18. The Bertz CT molecular complexity index is 183. The lowest BCUT2D eigenvalue weighted by molar-refractivity contribution is -0.123. The van der Waals surface area contributed by atoms with Crippen LogP contribution in [0.2, 0.25) is 0 Å². The molecule has 0 radical (unpaired) electrons. The fraction of sp³-hybridized carbons (Fsp3) is 0.889. The molecular weight excluding hydrogens is 182 g/mol. The zero-order valence-electron chi connectivity index (χ0n) is 9.25. The largest absolute Gasteiger partial charge is 0.380 e. The molecule has 0 aliphatic heterocycles. The summed E-state index contributed by atoms with van der Waals surface area (Å²) in [5, 5.41) is 0. The van der Waals surface area contributed by atoms with Crippen LogP contribution in [0.4, 0.5) is 0 Å². The molecule has 0 aliphatic carbocycles. The highest BCUT2D eigenvalue weighted by atomic mass is 16.5. The van der Waals surface area contributed by atoms with Crippen molar-refractivity contribution in [2.75, 3.05) is 33.4 Å². The number of amides is 1. The van der Waals surface area contributed by atoms with Crippen LogP contribution in [-0.2, 0) is 9.53 Å². The van der Waals surface area contributed by atoms with Crippen molar-refractivity contribution in [3.05, 3.63) is 0 Å². The lowest BCUT2D eigenvalue weighted by atomic mass is 10.0. The first-order chi connectivity index (χ1) is 6.40. The topological polar surface area (TPSA) is 81.6 Å². The molecule has 4 N–H and O–H groups in total. The van der Waals surface area contributed by atoms with Crippen LogP contribution in [0.5, 0.6) is 0 Å². The second-order valence-electron chi connectivity index (χ2n) is 3.72. The lowest BCUT2D eigenvalue weighted by Gasteiger charge is -2.27. The molecule has 0 fully saturated rings. The van der Waals surface area contributed by atoms with Gasteiger partial charge in [0.1, 0.15) is 5.54 Å². The van der Waals surface area contributed by atoms with Gasteiger partial charge in [0.25, 0.3) is 0 Å². The zero-order chi connectivity index (χ0) is 11.2. The second-order valence-corrected chi connectivity index (χ2v) is 3.72. The molecule has 0 aromatic carbocycles. The van der Waals surface area contributed by atoms with E-state index in [0.29, 0.717) is 19.8 Å². The third-order valence-electron chi connectivity index (χ3n) is 1.98. The van der Waals surface area contributed by atoms with E-state index in [4.69, 9.17) is 16.2 Å². The van der Waals surface area contributed by atoms with Crippen LogP contribution in [0.1, 0.15) is 13.8 Å². The van der Waals surface area contributed by atoms with Gasteiger partial charge in [-0.2, -0.15) is 0 Å². The molecule has 0 saturated heterocycles. The molecular formula is C9H21N3O2. The second kappa shape index (κ2) is 5.95. The van der Waals surface area contributed by atoms with Gasteiger partial charge in [0.2, 0.25) is 5.91 Å². The molecule has 5 nitrogen and oxygen atoms in total. The van der Waals surface area contributed by atoms with Crippen molar-refractivity contribution in [1.29, 1.82) is 0 Å². The summed E-state index contributed by atoms with van der Waals surface area (Å²) in [6, 6.07) is 0.